The van der Waals surface area contributed by atoms with E-state index in [4.69, 9.17) is 22.4 Å². The average Bonchev–Trinajstić information content (AvgIpc) is 2.83. The highest BCUT2D eigenvalue weighted by Gasteiger charge is 2.53. The molecule has 1 aromatic carbocycles. The standard InChI is InChI=1S/C10H9BrClNO2/c11-5-3-6(12)8(7(13)4-5)10(1-2-10)9(14)15/h3-4H,1-2,13H2,(H,14,15). The number of halogens is 2. The van der Waals surface area contributed by atoms with E-state index < -0.39 is 11.4 Å². The van der Waals surface area contributed by atoms with E-state index >= 15 is 0 Å². The first kappa shape index (κ1) is 10.8. The summed E-state index contributed by atoms with van der Waals surface area (Å²) < 4.78 is 0.759. The number of hydrogen-bond donors (Lipinski definition) is 2. The van der Waals surface area contributed by atoms with Crippen LogP contribution in [0.1, 0.15) is 18.4 Å². The van der Waals surface area contributed by atoms with Crippen molar-refractivity contribution in [1.82, 2.24) is 0 Å². The molecule has 0 radical (unpaired) electrons. The fraction of sp³-hybridized carbons (Fsp3) is 0.300. The van der Waals surface area contributed by atoms with Crippen molar-refractivity contribution < 1.29 is 9.90 Å². The molecule has 0 amide bonds. The molecule has 3 N–H and O–H groups in total. The quantitative estimate of drug-likeness (QED) is 0.823. The maximum Gasteiger partial charge on any atom is 0.314 e. The number of rotatable bonds is 2. The number of hydrogen-bond acceptors (Lipinski definition) is 2. The summed E-state index contributed by atoms with van der Waals surface area (Å²) in [5.74, 6) is -0.849. The average molecular weight is 291 g/mol. The number of anilines is 1. The van der Waals surface area contributed by atoms with Gasteiger partial charge in [0.1, 0.15) is 0 Å². The molecule has 0 unspecified atom stereocenters. The Hall–Kier alpha value is -0.740. The number of aliphatic carboxylic acids is 1. The second kappa shape index (κ2) is 3.39. The summed E-state index contributed by atoms with van der Waals surface area (Å²) in [5, 5.41) is 9.57. The molecule has 0 spiro atoms. The number of carboxylic acids is 1. The maximum atomic E-state index is 11.1. The normalized spacial score (nSPS) is 17.5. The highest BCUT2D eigenvalue weighted by atomic mass is 79.9. The van der Waals surface area contributed by atoms with Crippen LogP contribution in [0.4, 0.5) is 5.69 Å². The third-order valence-corrected chi connectivity index (χ3v) is 3.48. The summed E-state index contributed by atoms with van der Waals surface area (Å²) >= 11 is 9.29. The van der Waals surface area contributed by atoms with Crippen molar-refractivity contribution in [3.63, 3.8) is 0 Å². The monoisotopic (exact) mass is 289 g/mol. The minimum atomic E-state index is -0.849. The predicted molar refractivity (Wildman–Crippen MR) is 62.1 cm³/mol. The minimum Gasteiger partial charge on any atom is -0.481 e. The number of benzene rings is 1. The van der Waals surface area contributed by atoms with Gasteiger partial charge in [0.25, 0.3) is 0 Å². The molecule has 1 aromatic rings. The van der Waals surface area contributed by atoms with Gasteiger partial charge in [0.15, 0.2) is 0 Å². The van der Waals surface area contributed by atoms with E-state index in [2.05, 4.69) is 15.9 Å². The van der Waals surface area contributed by atoms with Gasteiger partial charge in [-0.05, 0) is 25.0 Å². The lowest BCUT2D eigenvalue weighted by molar-refractivity contribution is -0.140. The van der Waals surface area contributed by atoms with Crippen LogP contribution in [0.5, 0.6) is 0 Å². The van der Waals surface area contributed by atoms with Gasteiger partial charge in [-0.25, -0.2) is 0 Å². The number of carboxylic acid groups (broad SMARTS) is 1. The molecule has 0 heterocycles. The first-order valence-corrected chi connectivity index (χ1v) is 5.63. The van der Waals surface area contributed by atoms with Crippen LogP contribution in [0, 0.1) is 0 Å². The maximum absolute atomic E-state index is 11.1. The molecule has 0 aliphatic heterocycles. The smallest absolute Gasteiger partial charge is 0.314 e. The number of nitrogens with two attached hydrogens (primary N) is 1. The van der Waals surface area contributed by atoms with Gasteiger partial charge in [0.05, 0.1) is 5.41 Å². The summed E-state index contributed by atoms with van der Waals surface area (Å²) in [6.07, 6.45) is 1.21. The Morgan fingerprint density at radius 2 is 2.13 bits per heavy atom. The molecule has 5 heteroatoms. The zero-order valence-electron chi connectivity index (χ0n) is 7.76. The molecule has 0 bridgehead atoms. The molecule has 1 saturated carbocycles. The molecule has 80 valence electrons. The lowest BCUT2D eigenvalue weighted by atomic mass is 9.94. The van der Waals surface area contributed by atoms with Crippen molar-refractivity contribution >= 4 is 39.2 Å². The summed E-state index contributed by atoms with van der Waals surface area (Å²) in [7, 11) is 0. The Morgan fingerprint density at radius 3 is 2.53 bits per heavy atom. The van der Waals surface area contributed by atoms with Crippen LogP contribution in [0.3, 0.4) is 0 Å². The van der Waals surface area contributed by atoms with Gasteiger partial charge in [-0.15, -0.1) is 0 Å². The Kier molecular flexibility index (Phi) is 2.43. The predicted octanol–water partition coefficient (Wildman–Crippen LogP) is 2.80. The molecule has 15 heavy (non-hydrogen) atoms. The van der Waals surface area contributed by atoms with E-state index in [1.54, 1.807) is 12.1 Å². The van der Waals surface area contributed by atoms with E-state index in [0.717, 1.165) is 4.47 Å². The van der Waals surface area contributed by atoms with Crippen LogP contribution in [0.2, 0.25) is 5.02 Å². The first-order chi connectivity index (χ1) is 6.97. The molecule has 0 aromatic heterocycles. The molecule has 1 aliphatic rings. The largest absolute Gasteiger partial charge is 0.481 e. The van der Waals surface area contributed by atoms with E-state index in [9.17, 15) is 4.79 Å². The van der Waals surface area contributed by atoms with Crippen LogP contribution in [0.25, 0.3) is 0 Å². The van der Waals surface area contributed by atoms with Crippen molar-refractivity contribution in [3.8, 4) is 0 Å². The van der Waals surface area contributed by atoms with Crippen molar-refractivity contribution in [2.24, 2.45) is 0 Å². The van der Waals surface area contributed by atoms with Crippen molar-refractivity contribution in [3.05, 3.63) is 27.2 Å². The van der Waals surface area contributed by atoms with Gasteiger partial charge < -0.3 is 10.8 Å². The van der Waals surface area contributed by atoms with Crippen LogP contribution < -0.4 is 5.73 Å². The highest BCUT2D eigenvalue weighted by Crippen LogP contribution is 2.53. The summed E-state index contributed by atoms with van der Waals surface area (Å²) in [4.78, 5) is 11.1. The second-order valence-corrected chi connectivity index (χ2v) is 5.06. The third-order valence-electron chi connectivity index (χ3n) is 2.72. The fourth-order valence-corrected chi connectivity index (χ4v) is 2.81. The fourth-order valence-electron chi connectivity index (χ4n) is 1.79. The lowest BCUT2D eigenvalue weighted by Crippen LogP contribution is -2.21. The van der Waals surface area contributed by atoms with Crippen molar-refractivity contribution in [1.29, 1.82) is 0 Å². The SMILES string of the molecule is Nc1cc(Br)cc(Cl)c1C1(C(=O)O)CC1. The first-order valence-electron chi connectivity index (χ1n) is 4.46. The third kappa shape index (κ3) is 1.62. The Bertz CT molecular complexity index is 420. The highest BCUT2D eigenvalue weighted by molar-refractivity contribution is 9.10. The molecular formula is C10H9BrClNO2. The molecule has 0 atom stereocenters. The lowest BCUT2D eigenvalue weighted by Gasteiger charge is -2.15. The van der Waals surface area contributed by atoms with Crippen LogP contribution in [-0.2, 0) is 10.2 Å². The van der Waals surface area contributed by atoms with Gasteiger partial charge in [-0.2, -0.15) is 0 Å². The van der Waals surface area contributed by atoms with E-state index in [1.807, 2.05) is 0 Å². The molecule has 1 fully saturated rings. The Morgan fingerprint density at radius 1 is 1.53 bits per heavy atom. The van der Waals surface area contributed by atoms with Crippen molar-refractivity contribution in [2.75, 3.05) is 5.73 Å². The molecular weight excluding hydrogens is 281 g/mol. The van der Waals surface area contributed by atoms with Gasteiger partial charge >= 0.3 is 5.97 Å². The Balaban J connectivity index is 2.58. The molecule has 1 aliphatic carbocycles. The second-order valence-electron chi connectivity index (χ2n) is 3.74. The van der Waals surface area contributed by atoms with E-state index in [1.165, 1.54) is 0 Å². The summed E-state index contributed by atoms with van der Waals surface area (Å²) in [6.45, 7) is 0. The topological polar surface area (TPSA) is 63.3 Å². The van der Waals surface area contributed by atoms with E-state index in [-0.39, 0.29) is 0 Å². The van der Waals surface area contributed by atoms with Crippen LogP contribution in [0.15, 0.2) is 16.6 Å². The van der Waals surface area contributed by atoms with Gasteiger partial charge in [-0.3, -0.25) is 4.79 Å². The van der Waals surface area contributed by atoms with E-state index in [0.29, 0.717) is 29.1 Å². The zero-order chi connectivity index (χ0) is 11.2. The minimum absolute atomic E-state index is 0.418. The Labute approximate surface area is 100 Å². The van der Waals surface area contributed by atoms with Gasteiger partial charge in [0, 0.05) is 20.7 Å². The van der Waals surface area contributed by atoms with Crippen LogP contribution >= 0.6 is 27.5 Å². The number of nitrogen functional groups attached to an aromatic ring is 1. The summed E-state index contributed by atoms with van der Waals surface area (Å²) in [5.41, 5.74) is 5.96. The molecule has 3 nitrogen and oxygen atoms in total. The molecule has 2 rings (SSSR count). The molecule has 0 saturated heterocycles. The van der Waals surface area contributed by atoms with Crippen molar-refractivity contribution in [2.45, 2.75) is 18.3 Å². The summed E-state index contributed by atoms with van der Waals surface area (Å²) in [6, 6.07) is 3.36. The van der Waals surface area contributed by atoms with Gasteiger partial charge in [-0.1, -0.05) is 27.5 Å². The van der Waals surface area contributed by atoms with Crippen LogP contribution in [-0.4, -0.2) is 11.1 Å². The van der Waals surface area contributed by atoms with Gasteiger partial charge in [0.2, 0.25) is 0 Å². The zero-order valence-corrected chi connectivity index (χ0v) is 10.1. The number of carbonyl (C=O) groups is 1.